The molecule has 2 aromatic rings. The number of methoxy groups -OCH3 is 2. The lowest BCUT2D eigenvalue weighted by Crippen LogP contribution is -2.44. The Morgan fingerprint density at radius 3 is 2.45 bits per heavy atom. The second kappa shape index (κ2) is 13.4. The quantitative estimate of drug-likeness (QED) is 0.271. The first-order chi connectivity index (χ1) is 15.5. The highest BCUT2D eigenvalue weighted by Gasteiger charge is 2.23. The molecule has 1 unspecified atom stereocenters. The van der Waals surface area contributed by atoms with Crippen molar-refractivity contribution >= 4 is 29.9 Å². The van der Waals surface area contributed by atoms with Crippen LogP contribution in [0, 0.1) is 5.82 Å². The van der Waals surface area contributed by atoms with Gasteiger partial charge in [-0.1, -0.05) is 6.07 Å². The minimum absolute atomic E-state index is 0. The Labute approximate surface area is 212 Å². The van der Waals surface area contributed by atoms with E-state index in [9.17, 15) is 4.39 Å². The largest absolute Gasteiger partial charge is 0.497 e. The topological polar surface area (TPSA) is 67.4 Å². The van der Waals surface area contributed by atoms with E-state index in [1.54, 1.807) is 27.3 Å². The Morgan fingerprint density at radius 2 is 1.85 bits per heavy atom. The van der Waals surface area contributed by atoms with Gasteiger partial charge in [0.25, 0.3) is 0 Å². The normalized spacial score (nSPS) is 16.2. The molecule has 0 radical (unpaired) electrons. The molecular formula is C24H34FIN4O3. The minimum atomic E-state index is -0.352. The molecule has 0 bridgehead atoms. The van der Waals surface area contributed by atoms with Gasteiger partial charge in [-0.2, -0.15) is 0 Å². The molecule has 0 aliphatic carbocycles. The van der Waals surface area contributed by atoms with Crippen molar-refractivity contribution in [3.63, 3.8) is 0 Å². The number of halogens is 2. The molecule has 2 N–H and O–H groups in total. The zero-order valence-corrected chi connectivity index (χ0v) is 22.0. The van der Waals surface area contributed by atoms with E-state index >= 15 is 0 Å². The maximum absolute atomic E-state index is 14.1. The molecule has 1 aliphatic heterocycles. The summed E-state index contributed by atoms with van der Waals surface area (Å²) in [5, 5.41) is 6.74. The number of ether oxygens (including phenoxy) is 3. The van der Waals surface area contributed by atoms with Crippen molar-refractivity contribution in [1.82, 2.24) is 15.5 Å². The van der Waals surface area contributed by atoms with Crippen LogP contribution in [0.15, 0.2) is 41.4 Å². The summed E-state index contributed by atoms with van der Waals surface area (Å²) in [7, 11) is 5.06. The summed E-state index contributed by atoms with van der Waals surface area (Å²) in [6.07, 6.45) is 1.01. The number of nitrogens with one attached hydrogen (secondary N) is 2. The standard InChI is InChI=1S/C24H33FN4O3.HI/c1-5-32-23-7-6-17(12-22(23)25)14-27-24(26-2)28-19-8-9-29(16-19)15-18-10-20(30-3)13-21(11-18)31-4;/h6-7,10-13,19H,5,8-9,14-16H2,1-4H3,(H2,26,27,28);1H. The number of hydrogen-bond donors (Lipinski definition) is 2. The summed E-state index contributed by atoms with van der Waals surface area (Å²) in [5.74, 6) is 2.22. The predicted molar refractivity (Wildman–Crippen MR) is 140 cm³/mol. The van der Waals surface area contributed by atoms with Crippen LogP contribution in [0.25, 0.3) is 0 Å². The Morgan fingerprint density at radius 1 is 1.12 bits per heavy atom. The zero-order valence-electron chi connectivity index (χ0n) is 19.7. The molecule has 1 fully saturated rings. The molecule has 1 saturated heterocycles. The number of rotatable bonds is 9. The summed E-state index contributed by atoms with van der Waals surface area (Å²) >= 11 is 0. The third-order valence-electron chi connectivity index (χ3n) is 5.41. The number of aliphatic imine (C=N–C) groups is 1. The lowest BCUT2D eigenvalue weighted by atomic mass is 10.2. The second-order valence-electron chi connectivity index (χ2n) is 7.71. The van der Waals surface area contributed by atoms with Gasteiger partial charge in [0.1, 0.15) is 11.5 Å². The van der Waals surface area contributed by atoms with Crippen LogP contribution in [0.3, 0.4) is 0 Å². The van der Waals surface area contributed by atoms with E-state index in [2.05, 4.69) is 20.5 Å². The Kier molecular flexibility index (Phi) is 11.0. The van der Waals surface area contributed by atoms with Gasteiger partial charge in [0, 0.05) is 45.3 Å². The van der Waals surface area contributed by atoms with Crippen molar-refractivity contribution in [1.29, 1.82) is 0 Å². The average molecular weight is 572 g/mol. The van der Waals surface area contributed by atoms with Crippen LogP contribution in [0.2, 0.25) is 0 Å². The number of nitrogens with zero attached hydrogens (tertiary/aromatic N) is 2. The summed E-state index contributed by atoms with van der Waals surface area (Å²) in [6.45, 7) is 5.46. The van der Waals surface area contributed by atoms with E-state index in [0.717, 1.165) is 48.7 Å². The third kappa shape index (κ3) is 7.92. The van der Waals surface area contributed by atoms with E-state index in [1.165, 1.54) is 6.07 Å². The van der Waals surface area contributed by atoms with Crippen LogP contribution < -0.4 is 24.8 Å². The van der Waals surface area contributed by atoms with E-state index in [4.69, 9.17) is 14.2 Å². The average Bonchev–Trinajstić information content (AvgIpc) is 3.24. The van der Waals surface area contributed by atoms with E-state index in [-0.39, 0.29) is 41.6 Å². The smallest absolute Gasteiger partial charge is 0.191 e. The molecule has 9 heteroatoms. The van der Waals surface area contributed by atoms with Crippen LogP contribution in [0.4, 0.5) is 4.39 Å². The molecule has 1 atom stereocenters. The molecule has 0 aromatic heterocycles. The van der Waals surface area contributed by atoms with Crippen molar-refractivity contribution in [3.8, 4) is 17.2 Å². The SMILES string of the molecule is CCOc1ccc(CNC(=NC)NC2CCN(Cc3cc(OC)cc(OC)c3)C2)cc1F.I. The highest BCUT2D eigenvalue weighted by atomic mass is 127. The number of likely N-dealkylation sites (tertiary alicyclic amines) is 1. The van der Waals surface area contributed by atoms with Crippen molar-refractivity contribution in [3.05, 3.63) is 53.3 Å². The lowest BCUT2D eigenvalue weighted by Gasteiger charge is -2.19. The number of benzene rings is 2. The maximum Gasteiger partial charge on any atom is 0.191 e. The number of hydrogen-bond acceptors (Lipinski definition) is 5. The first-order valence-electron chi connectivity index (χ1n) is 10.9. The third-order valence-corrected chi connectivity index (χ3v) is 5.41. The molecule has 7 nitrogen and oxygen atoms in total. The van der Waals surface area contributed by atoms with Gasteiger partial charge in [-0.15, -0.1) is 24.0 Å². The number of guanidine groups is 1. The molecule has 1 aliphatic rings. The molecule has 0 saturated carbocycles. The van der Waals surface area contributed by atoms with Crippen LogP contribution in [-0.4, -0.2) is 57.9 Å². The van der Waals surface area contributed by atoms with Gasteiger partial charge < -0.3 is 24.8 Å². The van der Waals surface area contributed by atoms with Gasteiger partial charge in [-0.05, 0) is 48.7 Å². The molecule has 2 aromatic carbocycles. The second-order valence-corrected chi connectivity index (χ2v) is 7.71. The Hall–Kier alpha value is -2.27. The molecule has 0 amide bonds. The monoisotopic (exact) mass is 572 g/mol. The highest BCUT2D eigenvalue weighted by molar-refractivity contribution is 14.0. The van der Waals surface area contributed by atoms with Gasteiger partial charge in [0.05, 0.1) is 20.8 Å². The summed E-state index contributed by atoms with van der Waals surface area (Å²) in [4.78, 5) is 6.70. The Bertz CT molecular complexity index is 906. The molecular weight excluding hydrogens is 538 g/mol. The molecule has 3 rings (SSSR count). The van der Waals surface area contributed by atoms with Crippen LogP contribution >= 0.6 is 24.0 Å². The summed E-state index contributed by atoms with van der Waals surface area (Å²) < 4.78 is 30.1. The van der Waals surface area contributed by atoms with E-state index < -0.39 is 0 Å². The zero-order chi connectivity index (χ0) is 22.9. The van der Waals surface area contributed by atoms with Crippen LogP contribution in [0.5, 0.6) is 17.2 Å². The van der Waals surface area contributed by atoms with Gasteiger partial charge >= 0.3 is 0 Å². The summed E-state index contributed by atoms with van der Waals surface area (Å²) in [5.41, 5.74) is 1.98. The highest BCUT2D eigenvalue weighted by Crippen LogP contribution is 2.24. The van der Waals surface area contributed by atoms with E-state index in [0.29, 0.717) is 19.1 Å². The van der Waals surface area contributed by atoms with Gasteiger partial charge in [0.15, 0.2) is 17.5 Å². The fourth-order valence-electron chi connectivity index (χ4n) is 3.81. The maximum atomic E-state index is 14.1. The first-order valence-corrected chi connectivity index (χ1v) is 10.9. The van der Waals surface area contributed by atoms with Crippen molar-refractivity contribution in [2.24, 2.45) is 4.99 Å². The molecule has 0 spiro atoms. The van der Waals surface area contributed by atoms with Crippen molar-refractivity contribution in [2.75, 3.05) is 41.0 Å². The van der Waals surface area contributed by atoms with Gasteiger partial charge in [0.2, 0.25) is 0 Å². The van der Waals surface area contributed by atoms with Crippen LogP contribution in [0.1, 0.15) is 24.5 Å². The Balaban J connectivity index is 0.00000385. The van der Waals surface area contributed by atoms with Crippen molar-refractivity contribution < 1.29 is 18.6 Å². The molecule has 33 heavy (non-hydrogen) atoms. The fourth-order valence-corrected chi connectivity index (χ4v) is 3.81. The van der Waals surface area contributed by atoms with E-state index in [1.807, 2.05) is 31.2 Å². The van der Waals surface area contributed by atoms with Gasteiger partial charge in [-0.25, -0.2) is 4.39 Å². The first kappa shape index (κ1) is 27.0. The fraction of sp³-hybridized carbons (Fsp3) is 0.458. The van der Waals surface area contributed by atoms with Crippen LogP contribution in [-0.2, 0) is 13.1 Å². The van der Waals surface area contributed by atoms with Gasteiger partial charge in [-0.3, -0.25) is 9.89 Å². The minimum Gasteiger partial charge on any atom is -0.497 e. The molecule has 182 valence electrons. The lowest BCUT2D eigenvalue weighted by molar-refractivity contribution is 0.321. The summed E-state index contributed by atoms with van der Waals surface area (Å²) in [6, 6.07) is 11.3. The molecule has 1 heterocycles. The predicted octanol–water partition coefficient (Wildman–Crippen LogP) is 3.80. The van der Waals surface area contributed by atoms with Crippen molar-refractivity contribution in [2.45, 2.75) is 32.5 Å².